The van der Waals surface area contributed by atoms with Crippen molar-refractivity contribution in [3.8, 4) is 0 Å². The van der Waals surface area contributed by atoms with Crippen molar-refractivity contribution >= 4 is 24.0 Å². The number of nitrogens with zero attached hydrogens (tertiary/aromatic N) is 3. The summed E-state index contributed by atoms with van der Waals surface area (Å²) in [5.74, 6) is -0.302. The molecule has 0 radical (unpaired) electrons. The molecule has 26 heavy (non-hydrogen) atoms. The standard InChI is InChI=1S/C17H20N4O4.ClH/c18-9-11-19(10-8-14-4-2-1-3-5-14)17(23)13-20-12-15(21(24)25)6-7-16(20)22;/h1-7,12H,8-11,13,18H2;1H. The minimum atomic E-state index is -0.604. The van der Waals surface area contributed by atoms with Gasteiger partial charge in [0.25, 0.3) is 11.2 Å². The van der Waals surface area contributed by atoms with Gasteiger partial charge in [-0.1, -0.05) is 30.3 Å². The lowest BCUT2D eigenvalue weighted by Crippen LogP contribution is -2.40. The minimum Gasteiger partial charge on any atom is -0.340 e. The van der Waals surface area contributed by atoms with Gasteiger partial charge in [0, 0.05) is 31.8 Å². The third-order valence-electron chi connectivity index (χ3n) is 3.75. The van der Waals surface area contributed by atoms with Crippen molar-refractivity contribution in [2.24, 2.45) is 5.73 Å². The average Bonchev–Trinajstić information content (AvgIpc) is 2.61. The van der Waals surface area contributed by atoms with E-state index in [1.54, 1.807) is 4.90 Å². The van der Waals surface area contributed by atoms with Crippen LogP contribution < -0.4 is 11.3 Å². The molecular formula is C17H21ClN4O4. The Morgan fingerprint density at radius 3 is 2.46 bits per heavy atom. The molecule has 1 amide bonds. The van der Waals surface area contributed by atoms with Crippen molar-refractivity contribution in [3.63, 3.8) is 0 Å². The summed E-state index contributed by atoms with van der Waals surface area (Å²) in [4.78, 5) is 36.1. The van der Waals surface area contributed by atoms with Gasteiger partial charge in [0.05, 0.1) is 11.1 Å². The quantitative estimate of drug-likeness (QED) is 0.546. The van der Waals surface area contributed by atoms with Gasteiger partial charge in [0.2, 0.25) is 5.91 Å². The number of carbonyl (C=O) groups excluding carboxylic acids is 1. The molecule has 1 aromatic carbocycles. The molecule has 0 aliphatic carbocycles. The third kappa shape index (κ3) is 5.98. The van der Waals surface area contributed by atoms with E-state index in [2.05, 4.69) is 0 Å². The average molecular weight is 381 g/mol. The van der Waals surface area contributed by atoms with Gasteiger partial charge < -0.3 is 10.6 Å². The molecule has 140 valence electrons. The Morgan fingerprint density at radius 1 is 1.15 bits per heavy atom. The second-order valence-corrected chi connectivity index (χ2v) is 5.52. The number of pyridine rings is 1. The number of carbonyl (C=O) groups is 1. The second kappa shape index (κ2) is 10.3. The van der Waals surface area contributed by atoms with Gasteiger partial charge in [0.1, 0.15) is 6.54 Å². The molecule has 0 atom stereocenters. The zero-order chi connectivity index (χ0) is 18.2. The first kappa shape index (κ1) is 21.3. The monoisotopic (exact) mass is 380 g/mol. The fourth-order valence-corrected chi connectivity index (χ4v) is 2.42. The van der Waals surface area contributed by atoms with Gasteiger partial charge in [-0.15, -0.1) is 12.4 Å². The number of rotatable bonds is 8. The molecule has 1 heterocycles. The van der Waals surface area contributed by atoms with E-state index in [4.69, 9.17) is 5.73 Å². The fourth-order valence-electron chi connectivity index (χ4n) is 2.42. The number of nitrogens with two attached hydrogens (primary N) is 1. The summed E-state index contributed by atoms with van der Waals surface area (Å²) in [6.07, 6.45) is 1.74. The summed E-state index contributed by atoms with van der Waals surface area (Å²) in [7, 11) is 0. The lowest BCUT2D eigenvalue weighted by Gasteiger charge is -2.22. The third-order valence-corrected chi connectivity index (χ3v) is 3.75. The van der Waals surface area contributed by atoms with Gasteiger partial charge in [0.15, 0.2) is 0 Å². The van der Waals surface area contributed by atoms with Crippen LogP contribution in [0.3, 0.4) is 0 Å². The number of halogens is 1. The second-order valence-electron chi connectivity index (χ2n) is 5.52. The van der Waals surface area contributed by atoms with Crippen LogP contribution in [0.5, 0.6) is 0 Å². The zero-order valence-corrected chi connectivity index (χ0v) is 14.9. The van der Waals surface area contributed by atoms with Crippen LogP contribution in [0.1, 0.15) is 5.56 Å². The number of hydrogen-bond acceptors (Lipinski definition) is 5. The molecule has 0 unspecified atom stereocenters. The van der Waals surface area contributed by atoms with Crippen LogP contribution in [0.25, 0.3) is 0 Å². The molecule has 2 rings (SSSR count). The van der Waals surface area contributed by atoms with Crippen molar-refractivity contribution in [1.29, 1.82) is 0 Å². The van der Waals surface area contributed by atoms with Crippen molar-refractivity contribution in [1.82, 2.24) is 9.47 Å². The SMILES string of the molecule is Cl.NCCN(CCc1ccccc1)C(=O)Cn1cc([N+](=O)[O-])ccc1=O. The molecule has 0 aliphatic heterocycles. The molecule has 9 heteroatoms. The van der Waals surface area contributed by atoms with E-state index in [9.17, 15) is 19.7 Å². The Labute approximate surface area is 156 Å². The summed E-state index contributed by atoms with van der Waals surface area (Å²) in [5, 5.41) is 10.8. The van der Waals surface area contributed by atoms with Crippen LogP contribution >= 0.6 is 12.4 Å². The van der Waals surface area contributed by atoms with Crippen LogP contribution in [0.4, 0.5) is 5.69 Å². The molecule has 0 spiro atoms. The molecule has 8 nitrogen and oxygen atoms in total. The van der Waals surface area contributed by atoms with Crippen molar-refractivity contribution < 1.29 is 9.72 Å². The van der Waals surface area contributed by atoms with Crippen molar-refractivity contribution in [2.45, 2.75) is 13.0 Å². The highest BCUT2D eigenvalue weighted by molar-refractivity contribution is 5.85. The van der Waals surface area contributed by atoms with E-state index in [1.807, 2.05) is 30.3 Å². The fraction of sp³-hybridized carbons (Fsp3) is 0.294. The van der Waals surface area contributed by atoms with Gasteiger partial charge in [-0.05, 0) is 12.0 Å². The van der Waals surface area contributed by atoms with Crippen LogP contribution in [0.2, 0.25) is 0 Å². The molecule has 0 fully saturated rings. The van der Waals surface area contributed by atoms with Gasteiger partial charge >= 0.3 is 0 Å². The number of nitro groups is 1. The highest BCUT2D eigenvalue weighted by Crippen LogP contribution is 2.07. The first-order chi connectivity index (χ1) is 12.0. The van der Waals surface area contributed by atoms with Crippen LogP contribution in [0.15, 0.2) is 53.5 Å². The van der Waals surface area contributed by atoms with Crippen LogP contribution in [-0.4, -0.2) is 39.9 Å². The highest BCUT2D eigenvalue weighted by atomic mass is 35.5. The van der Waals surface area contributed by atoms with E-state index in [-0.39, 0.29) is 30.5 Å². The van der Waals surface area contributed by atoms with E-state index in [0.29, 0.717) is 26.1 Å². The lowest BCUT2D eigenvalue weighted by molar-refractivity contribution is -0.385. The first-order valence-corrected chi connectivity index (χ1v) is 7.88. The number of aromatic nitrogens is 1. The molecule has 0 bridgehead atoms. The maximum atomic E-state index is 12.5. The van der Waals surface area contributed by atoms with Gasteiger partial charge in [-0.3, -0.25) is 24.3 Å². The predicted molar refractivity (Wildman–Crippen MR) is 100 cm³/mol. The summed E-state index contributed by atoms with van der Waals surface area (Å²) in [6, 6.07) is 11.9. The summed E-state index contributed by atoms with van der Waals surface area (Å²) >= 11 is 0. The van der Waals surface area contributed by atoms with Crippen molar-refractivity contribution in [3.05, 3.63) is 74.7 Å². The zero-order valence-electron chi connectivity index (χ0n) is 14.1. The lowest BCUT2D eigenvalue weighted by atomic mass is 10.1. The predicted octanol–water partition coefficient (Wildman–Crippen LogP) is 1.21. The Morgan fingerprint density at radius 2 is 1.85 bits per heavy atom. The number of benzene rings is 1. The van der Waals surface area contributed by atoms with Gasteiger partial charge in [-0.25, -0.2) is 0 Å². The van der Waals surface area contributed by atoms with Crippen LogP contribution in [0, 0.1) is 10.1 Å². The van der Waals surface area contributed by atoms with Crippen LogP contribution in [-0.2, 0) is 17.8 Å². The number of amides is 1. The Balaban J connectivity index is 0.00000338. The number of hydrogen-bond donors (Lipinski definition) is 1. The first-order valence-electron chi connectivity index (χ1n) is 7.88. The van der Waals surface area contributed by atoms with E-state index < -0.39 is 10.5 Å². The smallest absolute Gasteiger partial charge is 0.285 e. The largest absolute Gasteiger partial charge is 0.340 e. The van der Waals surface area contributed by atoms with Crippen molar-refractivity contribution in [2.75, 3.05) is 19.6 Å². The Bertz CT molecular complexity index is 795. The molecule has 0 saturated carbocycles. The highest BCUT2D eigenvalue weighted by Gasteiger charge is 2.16. The van der Waals surface area contributed by atoms with E-state index in [1.165, 1.54) is 0 Å². The Kier molecular flexibility index (Phi) is 8.47. The summed E-state index contributed by atoms with van der Waals surface area (Å²) in [6.45, 7) is 0.860. The summed E-state index contributed by atoms with van der Waals surface area (Å²) < 4.78 is 1.05. The molecule has 1 aromatic heterocycles. The molecule has 0 saturated heterocycles. The normalized spacial score (nSPS) is 10.0. The topological polar surface area (TPSA) is 111 Å². The van der Waals surface area contributed by atoms with Gasteiger partial charge in [-0.2, -0.15) is 0 Å². The Hall–Kier alpha value is -2.71. The molecule has 0 aliphatic rings. The summed E-state index contributed by atoms with van der Waals surface area (Å²) in [5.41, 5.74) is 5.96. The molecule has 2 N–H and O–H groups in total. The molecular weight excluding hydrogens is 360 g/mol. The minimum absolute atomic E-state index is 0. The maximum Gasteiger partial charge on any atom is 0.285 e. The molecule has 2 aromatic rings. The van der Waals surface area contributed by atoms with E-state index >= 15 is 0 Å². The maximum absolute atomic E-state index is 12.5. The van der Waals surface area contributed by atoms with E-state index in [0.717, 1.165) is 28.5 Å².